The van der Waals surface area contributed by atoms with Crippen molar-refractivity contribution in [2.45, 2.75) is 6.61 Å². The Hall–Kier alpha value is -2.99. The number of halogens is 3. The number of carbonyl (C=O) groups excluding carboxylic acids is 2. The standard InChI is InChI=1S/C24H18Cl3NO4/c25-18-6-1-17(2-7-18)14-31-22-8-3-16(4-9-22)5-10-24(30)32-15-23(29)28-21-12-19(26)11-20(27)13-21/h1-13H,14-15H2,(H,28,29). The summed E-state index contributed by atoms with van der Waals surface area (Å²) in [7, 11) is 0. The van der Waals surface area contributed by atoms with E-state index >= 15 is 0 Å². The average Bonchev–Trinajstić information content (AvgIpc) is 2.76. The molecule has 0 atom stereocenters. The Bertz CT molecular complexity index is 1090. The highest BCUT2D eigenvalue weighted by Gasteiger charge is 2.07. The molecule has 0 saturated carbocycles. The molecule has 3 aromatic rings. The van der Waals surface area contributed by atoms with Crippen molar-refractivity contribution >= 4 is 58.4 Å². The number of ether oxygens (including phenoxy) is 2. The van der Waals surface area contributed by atoms with Crippen LogP contribution in [0, 0.1) is 0 Å². The quantitative estimate of drug-likeness (QED) is 0.292. The minimum atomic E-state index is -0.646. The predicted molar refractivity (Wildman–Crippen MR) is 127 cm³/mol. The Morgan fingerprint density at radius 3 is 2.16 bits per heavy atom. The molecule has 0 aliphatic heterocycles. The Kier molecular flexibility index (Phi) is 8.56. The van der Waals surface area contributed by atoms with Gasteiger partial charge in [-0.25, -0.2) is 4.79 Å². The van der Waals surface area contributed by atoms with Crippen molar-refractivity contribution in [3.63, 3.8) is 0 Å². The number of anilines is 1. The zero-order valence-corrected chi connectivity index (χ0v) is 19.0. The summed E-state index contributed by atoms with van der Waals surface area (Å²) in [5.74, 6) is -0.461. The molecule has 0 unspecified atom stereocenters. The summed E-state index contributed by atoms with van der Waals surface area (Å²) in [4.78, 5) is 23.8. The Balaban J connectivity index is 1.43. The third kappa shape index (κ3) is 7.93. The van der Waals surface area contributed by atoms with Gasteiger partial charge >= 0.3 is 5.97 Å². The molecule has 0 aliphatic carbocycles. The van der Waals surface area contributed by atoms with E-state index in [1.165, 1.54) is 18.2 Å². The van der Waals surface area contributed by atoms with Crippen LogP contribution >= 0.6 is 34.8 Å². The smallest absolute Gasteiger partial charge is 0.331 e. The second-order valence-corrected chi connectivity index (χ2v) is 7.94. The molecule has 3 rings (SSSR count). The molecule has 0 aliphatic rings. The number of carbonyl (C=O) groups is 2. The van der Waals surface area contributed by atoms with E-state index in [1.54, 1.807) is 36.4 Å². The molecule has 164 valence electrons. The summed E-state index contributed by atoms with van der Waals surface area (Å²) in [6.07, 6.45) is 2.83. The number of benzene rings is 3. The minimum Gasteiger partial charge on any atom is -0.489 e. The van der Waals surface area contributed by atoms with Gasteiger partial charge in [-0.15, -0.1) is 0 Å². The second-order valence-electron chi connectivity index (χ2n) is 6.63. The largest absolute Gasteiger partial charge is 0.489 e. The van der Waals surface area contributed by atoms with Crippen LogP contribution < -0.4 is 10.1 Å². The van der Waals surface area contributed by atoms with Gasteiger partial charge in [-0.2, -0.15) is 0 Å². The topological polar surface area (TPSA) is 64.6 Å². The molecular weight excluding hydrogens is 473 g/mol. The third-order valence-corrected chi connectivity index (χ3v) is 4.79. The van der Waals surface area contributed by atoms with Crippen LogP contribution in [0.5, 0.6) is 5.75 Å². The molecule has 3 aromatic carbocycles. The lowest BCUT2D eigenvalue weighted by Gasteiger charge is -2.07. The molecule has 1 N–H and O–H groups in total. The maximum atomic E-state index is 11.9. The molecule has 0 saturated heterocycles. The number of nitrogens with one attached hydrogen (secondary N) is 1. The zero-order valence-electron chi connectivity index (χ0n) is 16.7. The molecule has 1 amide bonds. The summed E-state index contributed by atoms with van der Waals surface area (Å²) >= 11 is 17.6. The fourth-order valence-electron chi connectivity index (χ4n) is 2.59. The predicted octanol–water partition coefficient (Wildman–Crippen LogP) is 6.42. The van der Waals surface area contributed by atoms with Gasteiger partial charge in [0.15, 0.2) is 6.61 Å². The summed E-state index contributed by atoms with van der Waals surface area (Å²) < 4.78 is 10.7. The first-order chi connectivity index (χ1) is 15.4. The van der Waals surface area contributed by atoms with E-state index in [2.05, 4.69) is 5.32 Å². The van der Waals surface area contributed by atoms with E-state index in [0.29, 0.717) is 33.1 Å². The molecule has 0 bridgehead atoms. The number of rotatable bonds is 8. The normalized spacial score (nSPS) is 10.7. The molecule has 0 fully saturated rings. The van der Waals surface area contributed by atoms with Gasteiger partial charge in [-0.05, 0) is 59.7 Å². The zero-order chi connectivity index (χ0) is 22.9. The molecule has 5 nitrogen and oxygen atoms in total. The number of amides is 1. The first-order valence-electron chi connectivity index (χ1n) is 9.45. The van der Waals surface area contributed by atoms with Crippen molar-refractivity contribution in [1.82, 2.24) is 0 Å². The maximum Gasteiger partial charge on any atom is 0.331 e. The lowest BCUT2D eigenvalue weighted by Crippen LogP contribution is -2.20. The van der Waals surface area contributed by atoms with Crippen molar-refractivity contribution in [2.75, 3.05) is 11.9 Å². The summed E-state index contributed by atoms with van der Waals surface area (Å²) in [6, 6.07) is 19.2. The summed E-state index contributed by atoms with van der Waals surface area (Å²) in [5, 5.41) is 4.00. The molecule has 0 radical (unpaired) electrons. The molecule has 32 heavy (non-hydrogen) atoms. The van der Waals surface area contributed by atoms with Crippen LogP contribution in [0.3, 0.4) is 0 Å². The first-order valence-corrected chi connectivity index (χ1v) is 10.6. The Labute approximate surface area is 200 Å². The van der Waals surface area contributed by atoms with E-state index in [1.807, 2.05) is 24.3 Å². The minimum absolute atomic E-state index is 0.383. The Morgan fingerprint density at radius 2 is 1.50 bits per heavy atom. The van der Waals surface area contributed by atoms with E-state index in [4.69, 9.17) is 44.3 Å². The van der Waals surface area contributed by atoms with Crippen molar-refractivity contribution < 1.29 is 19.1 Å². The highest BCUT2D eigenvalue weighted by atomic mass is 35.5. The van der Waals surface area contributed by atoms with Crippen molar-refractivity contribution in [2.24, 2.45) is 0 Å². The first kappa shape index (κ1) is 23.7. The molecule has 8 heteroatoms. The van der Waals surface area contributed by atoms with Gasteiger partial charge in [0.2, 0.25) is 0 Å². The van der Waals surface area contributed by atoms with Crippen molar-refractivity contribution in [3.05, 3.63) is 99.0 Å². The third-order valence-electron chi connectivity index (χ3n) is 4.10. The lowest BCUT2D eigenvalue weighted by molar-refractivity contribution is -0.142. The molecule has 0 spiro atoms. The van der Waals surface area contributed by atoms with Gasteiger partial charge in [0.05, 0.1) is 0 Å². The van der Waals surface area contributed by atoms with Gasteiger partial charge < -0.3 is 14.8 Å². The van der Waals surface area contributed by atoms with E-state index in [0.717, 1.165) is 11.1 Å². The van der Waals surface area contributed by atoms with Crippen molar-refractivity contribution in [3.8, 4) is 5.75 Å². The summed E-state index contributed by atoms with van der Waals surface area (Å²) in [5.41, 5.74) is 2.19. The molecular formula is C24H18Cl3NO4. The highest BCUT2D eigenvalue weighted by molar-refractivity contribution is 6.35. The van der Waals surface area contributed by atoms with E-state index < -0.39 is 18.5 Å². The lowest BCUT2D eigenvalue weighted by atomic mass is 10.2. The van der Waals surface area contributed by atoms with Gasteiger partial charge in [0.1, 0.15) is 12.4 Å². The van der Waals surface area contributed by atoms with Crippen molar-refractivity contribution in [1.29, 1.82) is 0 Å². The number of esters is 1. The van der Waals surface area contributed by atoms with Gasteiger partial charge in [0, 0.05) is 26.8 Å². The highest BCUT2D eigenvalue weighted by Crippen LogP contribution is 2.22. The van der Waals surface area contributed by atoms with Crippen LogP contribution in [0.15, 0.2) is 72.8 Å². The fourth-order valence-corrected chi connectivity index (χ4v) is 3.25. The van der Waals surface area contributed by atoms with E-state index in [9.17, 15) is 9.59 Å². The van der Waals surface area contributed by atoms with Crippen LogP contribution in [0.25, 0.3) is 6.08 Å². The molecule has 0 heterocycles. The maximum absolute atomic E-state index is 11.9. The summed E-state index contributed by atoms with van der Waals surface area (Å²) in [6.45, 7) is -0.0209. The van der Waals surface area contributed by atoms with Crippen LogP contribution in [-0.4, -0.2) is 18.5 Å². The fraction of sp³-hybridized carbons (Fsp3) is 0.0833. The van der Waals surface area contributed by atoms with E-state index in [-0.39, 0.29) is 0 Å². The van der Waals surface area contributed by atoms with Crippen LogP contribution in [-0.2, 0) is 20.9 Å². The average molecular weight is 491 g/mol. The molecule has 0 aromatic heterocycles. The Morgan fingerprint density at radius 1 is 0.844 bits per heavy atom. The monoisotopic (exact) mass is 489 g/mol. The van der Waals surface area contributed by atoms with Crippen LogP contribution in [0.1, 0.15) is 11.1 Å². The second kappa shape index (κ2) is 11.6. The van der Waals surface area contributed by atoms with Gasteiger partial charge in [0.25, 0.3) is 5.91 Å². The van der Waals surface area contributed by atoms with Crippen LogP contribution in [0.2, 0.25) is 15.1 Å². The number of hydrogen-bond acceptors (Lipinski definition) is 4. The van der Waals surface area contributed by atoms with Gasteiger partial charge in [-0.3, -0.25) is 4.79 Å². The van der Waals surface area contributed by atoms with Gasteiger partial charge in [-0.1, -0.05) is 59.1 Å². The van der Waals surface area contributed by atoms with Crippen LogP contribution in [0.4, 0.5) is 5.69 Å². The number of hydrogen-bond donors (Lipinski definition) is 1. The SMILES string of the molecule is O=C(COC(=O)C=Cc1ccc(OCc2ccc(Cl)cc2)cc1)Nc1cc(Cl)cc(Cl)c1.